The number of carbonyl (C=O) groups is 1. The SMILES string of the molecule is C=CC(=O)OCCC[Si](OC)(O[SiH](C)C)O[SiH](C)C. The van der Waals surface area contributed by atoms with E-state index in [1.54, 1.807) is 7.11 Å². The minimum Gasteiger partial charge on any atom is -0.463 e. The highest BCUT2D eigenvalue weighted by atomic mass is 28.5. The molecular formula is C11H26O5Si3. The van der Waals surface area contributed by atoms with E-state index in [0.29, 0.717) is 19.1 Å². The topological polar surface area (TPSA) is 54.0 Å². The predicted molar refractivity (Wildman–Crippen MR) is 83.3 cm³/mol. The van der Waals surface area contributed by atoms with Crippen LogP contribution in [0.4, 0.5) is 0 Å². The molecule has 0 heterocycles. The first-order chi connectivity index (χ1) is 8.85. The monoisotopic (exact) mass is 322 g/mol. The van der Waals surface area contributed by atoms with Crippen LogP contribution in [0.25, 0.3) is 0 Å². The van der Waals surface area contributed by atoms with Gasteiger partial charge in [0.05, 0.1) is 6.61 Å². The molecule has 0 radical (unpaired) electrons. The van der Waals surface area contributed by atoms with Gasteiger partial charge in [-0.25, -0.2) is 4.79 Å². The Hall–Kier alpha value is -0.259. The van der Waals surface area contributed by atoms with Crippen LogP contribution in [0.2, 0.25) is 32.2 Å². The summed E-state index contributed by atoms with van der Waals surface area (Å²) >= 11 is 0. The molecule has 0 rings (SSSR count). The molecule has 0 aromatic rings. The van der Waals surface area contributed by atoms with E-state index in [2.05, 4.69) is 32.8 Å². The van der Waals surface area contributed by atoms with Gasteiger partial charge in [-0.3, -0.25) is 0 Å². The molecule has 112 valence electrons. The second-order valence-electron chi connectivity index (χ2n) is 4.70. The fourth-order valence-electron chi connectivity index (χ4n) is 1.58. The molecule has 0 spiro atoms. The maximum Gasteiger partial charge on any atom is 0.479 e. The molecule has 0 bridgehead atoms. The first-order valence-electron chi connectivity index (χ1n) is 6.55. The van der Waals surface area contributed by atoms with E-state index in [9.17, 15) is 4.79 Å². The third kappa shape index (κ3) is 8.50. The maximum absolute atomic E-state index is 11.0. The van der Waals surface area contributed by atoms with Gasteiger partial charge >= 0.3 is 14.8 Å². The summed E-state index contributed by atoms with van der Waals surface area (Å²) in [6, 6.07) is 0.685. The van der Waals surface area contributed by atoms with Crippen molar-refractivity contribution in [1.29, 1.82) is 0 Å². The Bertz CT molecular complexity index is 274. The number of carbonyl (C=O) groups excluding carboxylic acids is 1. The summed E-state index contributed by atoms with van der Waals surface area (Å²) in [5.74, 6) is -0.400. The smallest absolute Gasteiger partial charge is 0.463 e. The molecule has 0 amide bonds. The van der Waals surface area contributed by atoms with E-state index in [-0.39, 0.29) is 0 Å². The summed E-state index contributed by atoms with van der Waals surface area (Å²) in [4.78, 5) is 11.0. The van der Waals surface area contributed by atoms with E-state index in [1.807, 2.05) is 0 Å². The Morgan fingerprint density at radius 1 is 1.21 bits per heavy atom. The Balaban J connectivity index is 4.39. The van der Waals surface area contributed by atoms with Crippen LogP contribution in [-0.4, -0.2) is 46.6 Å². The first kappa shape index (κ1) is 18.7. The predicted octanol–water partition coefficient (Wildman–Crippen LogP) is 1.69. The molecule has 0 atom stereocenters. The van der Waals surface area contributed by atoms with Crippen molar-refractivity contribution >= 4 is 32.9 Å². The van der Waals surface area contributed by atoms with Crippen LogP contribution in [0.1, 0.15) is 6.42 Å². The van der Waals surface area contributed by atoms with Gasteiger partial charge in [0.25, 0.3) is 0 Å². The zero-order valence-corrected chi connectivity index (χ0v) is 15.9. The molecule has 19 heavy (non-hydrogen) atoms. The van der Waals surface area contributed by atoms with Crippen LogP contribution in [0, 0.1) is 0 Å². The zero-order chi connectivity index (χ0) is 14.9. The Labute approximate surface area is 120 Å². The van der Waals surface area contributed by atoms with Crippen LogP contribution in [0.5, 0.6) is 0 Å². The third-order valence-electron chi connectivity index (χ3n) is 2.18. The van der Waals surface area contributed by atoms with Crippen molar-refractivity contribution in [3.05, 3.63) is 12.7 Å². The summed E-state index contributed by atoms with van der Waals surface area (Å²) in [6.07, 6.45) is 1.85. The van der Waals surface area contributed by atoms with Crippen molar-refractivity contribution in [3.63, 3.8) is 0 Å². The highest BCUT2D eigenvalue weighted by Crippen LogP contribution is 2.19. The van der Waals surface area contributed by atoms with Gasteiger partial charge in [-0.2, -0.15) is 0 Å². The van der Waals surface area contributed by atoms with Gasteiger partial charge in [-0.05, 0) is 32.6 Å². The van der Waals surface area contributed by atoms with Crippen molar-refractivity contribution in [2.75, 3.05) is 13.7 Å². The van der Waals surface area contributed by atoms with Gasteiger partial charge < -0.3 is 17.4 Å². The molecule has 0 unspecified atom stereocenters. The van der Waals surface area contributed by atoms with Crippen LogP contribution in [0.3, 0.4) is 0 Å². The molecule has 0 aromatic carbocycles. The molecule has 0 aliphatic carbocycles. The second kappa shape index (κ2) is 9.61. The Kier molecular flexibility index (Phi) is 9.48. The lowest BCUT2D eigenvalue weighted by Crippen LogP contribution is -2.50. The highest BCUT2D eigenvalue weighted by molar-refractivity contribution is 6.75. The molecular weight excluding hydrogens is 296 g/mol. The molecule has 0 fully saturated rings. The van der Waals surface area contributed by atoms with Crippen molar-refractivity contribution in [3.8, 4) is 0 Å². The van der Waals surface area contributed by atoms with Crippen LogP contribution < -0.4 is 0 Å². The van der Waals surface area contributed by atoms with Crippen LogP contribution in [-0.2, 0) is 22.2 Å². The second-order valence-corrected chi connectivity index (χ2v) is 13.1. The summed E-state index contributed by atoms with van der Waals surface area (Å²) in [5, 5.41) is 0. The molecule has 0 saturated heterocycles. The van der Waals surface area contributed by atoms with E-state index in [0.717, 1.165) is 6.08 Å². The number of hydrogen-bond acceptors (Lipinski definition) is 5. The summed E-state index contributed by atoms with van der Waals surface area (Å²) in [7, 11) is -3.40. The molecule has 5 nitrogen and oxygen atoms in total. The average molecular weight is 323 g/mol. The number of hydrogen-bond donors (Lipinski definition) is 0. The van der Waals surface area contributed by atoms with E-state index < -0.39 is 32.9 Å². The van der Waals surface area contributed by atoms with Crippen molar-refractivity contribution in [2.24, 2.45) is 0 Å². The normalized spacial score (nSPS) is 11.9. The van der Waals surface area contributed by atoms with E-state index in [1.165, 1.54) is 0 Å². The van der Waals surface area contributed by atoms with E-state index >= 15 is 0 Å². The summed E-state index contributed by atoms with van der Waals surface area (Å²) in [5.41, 5.74) is 0. The molecule has 0 saturated carbocycles. The summed E-state index contributed by atoms with van der Waals surface area (Å²) in [6.45, 7) is 12.1. The molecule has 0 N–H and O–H groups in total. The van der Waals surface area contributed by atoms with E-state index in [4.69, 9.17) is 17.4 Å². The van der Waals surface area contributed by atoms with Gasteiger partial charge in [-0.1, -0.05) is 6.58 Å². The lowest BCUT2D eigenvalue weighted by Gasteiger charge is -2.32. The number of ether oxygens (including phenoxy) is 1. The third-order valence-corrected chi connectivity index (χ3v) is 10.4. The first-order valence-corrected chi connectivity index (χ1v) is 14.0. The van der Waals surface area contributed by atoms with Gasteiger partial charge in [0.15, 0.2) is 18.1 Å². The molecule has 8 heteroatoms. The number of rotatable bonds is 10. The van der Waals surface area contributed by atoms with Gasteiger partial charge in [-0.15, -0.1) is 0 Å². The molecule has 0 aromatic heterocycles. The Morgan fingerprint density at radius 2 is 1.74 bits per heavy atom. The van der Waals surface area contributed by atoms with Crippen LogP contribution >= 0.6 is 0 Å². The zero-order valence-electron chi connectivity index (χ0n) is 12.6. The van der Waals surface area contributed by atoms with Gasteiger partial charge in [0, 0.05) is 19.2 Å². The average Bonchev–Trinajstić information content (AvgIpc) is 2.32. The Morgan fingerprint density at radius 3 is 2.11 bits per heavy atom. The van der Waals surface area contributed by atoms with Gasteiger partial charge in [0.2, 0.25) is 0 Å². The largest absolute Gasteiger partial charge is 0.479 e. The maximum atomic E-state index is 11.0. The lowest BCUT2D eigenvalue weighted by molar-refractivity contribution is -0.137. The van der Waals surface area contributed by atoms with Crippen molar-refractivity contribution in [1.82, 2.24) is 0 Å². The fraction of sp³-hybridized carbons (Fsp3) is 0.727. The van der Waals surface area contributed by atoms with Gasteiger partial charge in [0.1, 0.15) is 0 Å². The fourth-order valence-corrected chi connectivity index (χ4v) is 10.5. The lowest BCUT2D eigenvalue weighted by atomic mass is 10.5. The van der Waals surface area contributed by atoms with Crippen molar-refractivity contribution < 1.29 is 22.2 Å². The van der Waals surface area contributed by atoms with Crippen molar-refractivity contribution in [2.45, 2.75) is 38.7 Å². The summed E-state index contributed by atoms with van der Waals surface area (Å²) < 4.78 is 22.6. The molecule has 0 aliphatic heterocycles. The molecule has 0 aliphatic rings. The van der Waals surface area contributed by atoms with Crippen LogP contribution in [0.15, 0.2) is 12.7 Å². The highest BCUT2D eigenvalue weighted by Gasteiger charge is 2.40. The minimum absolute atomic E-state index is 0.342. The quantitative estimate of drug-likeness (QED) is 0.265. The minimum atomic E-state index is -2.57. The standard InChI is InChI=1S/C11H26O5Si3/c1-7-11(12)14-9-8-10-19(13-2,15-17(3)4)16-18(5)6/h7,17-18H,1,8-10H2,2-6H3. The number of esters is 1.